The van der Waals surface area contributed by atoms with Gasteiger partial charge in [-0.25, -0.2) is 9.78 Å². The number of hydrogen-bond acceptors (Lipinski definition) is 8. The first kappa shape index (κ1) is 20.1. The number of ether oxygens (including phenoxy) is 1. The molecule has 0 spiro atoms. The zero-order valence-electron chi connectivity index (χ0n) is 18.4. The van der Waals surface area contributed by atoms with Gasteiger partial charge >= 0.3 is 5.97 Å². The maximum Gasteiger partial charge on any atom is 0.337 e. The SMILES string of the molecule is COC(=O)c1cccc(-c2ccnc3ccc(Nc4nc(NC5CC5)c5nc[nH]c5n4)cc23)c1. The summed E-state index contributed by atoms with van der Waals surface area (Å²) in [5.41, 5.74) is 5.42. The maximum absolute atomic E-state index is 12.0. The summed E-state index contributed by atoms with van der Waals surface area (Å²) >= 11 is 0. The molecule has 0 saturated heterocycles. The van der Waals surface area contributed by atoms with Crippen molar-refractivity contribution in [2.45, 2.75) is 18.9 Å². The van der Waals surface area contributed by atoms with Crippen LogP contribution in [0.15, 0.2) is 61.1 Å². The molecule has 3 aromatic heterocycles. The standard InChI is InChI=1S/C25H21N7O2/c1-34-24(33)15-4-2-3-14(11-15)18-9-10-26-20-8-7-17(12-19(18)20)30-25-31-22-21(27-13-28-22)23(32-25)29-16-5-6-16/h2-4,7-13,16H,5-6H2,1H3,(H3,27,28,29,30,31,32). The molecule has 0 aliphatic heterocycles. The van der Waals surface area contributed by atoms with Crippen molar-refractivity contribution >= 4 is 45.5 Å². The number of anilines is 3. The lowest BCUT2D eigenvalue weighted by Gasteiger charge is -2.11. The van der Waals surface area contributed by atoms with Crippen molar-refractivity contribution in [2.75, 3.05) is 17.7 Å². The Morgan fingerprint density at radius 1 is 1.09 bits per heavy atom. The number of imidazole rings is 1. The van der Waals surface area contributed by atoms with Gasteiger partial charge in [0, 0.05) is 23.3 Å². The Morgan fingerprint density at radius 2 is 2.00 bits per heavy atom. The van der Waals surface area contributed by atoms with E-state index in [1.54, 1.807) is 18.6 Å². The molecule has 5 aromatic rings. The van der Waals surface area contributed by atoms with Crippen LogP contribution in [0.2, 0.25) is 0 Å². The van der Waals surface area contributed by atoms with E-state index >= 15 is 0 Å². The number of rotatable bonds is 6. The van der Waals surface area contributed by atoms with Crippen molar-refractivity contribution in [1.82, 2.24) is 24.9 Å². The van der Waals surface area contributed by atoms with Crippen LogP contribution in [0, 0.1) is 0 Å². The summed E-state index contributed by atoms with van der Waals surface area (Å²) in [7, 11) is 1.38. The van der Waals surface area contributed by atoms with E-state index in [9.17, 15) is 4.79 Å². The number of hydrogen-bond donors (Lipinski definition) is 3. The summed E-state index contributed by atoms with van der Waals surface area (Å²) in [6.07, 6.45) is 5.66. The normalized spacial score (nSPS) is 13.2. The molecule has 1 aliphatic rings. The third-order valence-corrected chi connectivity index (χ3v) is 5.79. The highest BCUT2D eigenvalue weighted by Gasteiger charge is 2.23. The van der Waals surface area contributed by atoms with Crippen LogP contribution in [0.4, 0.5) is 17.5 Å². The number of nitrogens with zero attached hydrogens (tertiary/aromatic N) is 4. The summed E-state index contributed by atoms with van der Waals surface area (Å²) in [5, 5.41) is 7.69. The van der Waals surface area contributed by atoms with Crippen molar-refractivity contribution < 1.29 is 9.53 Å². The van der Waals surface area contributed by atoms with E-state index in [0.717, 1.165) is 51.9 Å². The quantitative estimate of drug-likeness (QED) is 0.319. The van der Waals surface area contributed by atoms with Gasteiger partial charge in [0.2, 0.25) is 5.95 Å². The largest absolute Gasteiger partial charge is 0.465 e. The lowest BCUT2D eigenvalue weighted by atomic mass is 9.99. The minimum absolute atomic E-state index is 0.371. The van der Waals surface area contributed by atoms with Gasteiger partial charge in [0.25, 0.3) is 0 Å². The first-order valence-corrected chi connectivity index (χ1v) is 11.0. The molecule has 1 fully saturated rings. The fourth-order valence-electron chi connectivity index (χ4n) is 3.95. The van der Waals surface area contributed by atoms with E-state index < -0.39 is 0 Å². The van der Waals surface area contributed by atoms with Crippen molar-refractivity contribution in [2.24, 2.45) is 0 Å². The summed E-state index contributed by atoms with van der Waals surface area (Å²) < 4.78 is 4.87. The fraction of sp³-hybridized carbons (Fsp3) is 0.160. The predicted molar refractivity (Wildman–Crippen MR) is 130 cm³/mol. The Bertz CT molecular complexity index is 1540. The number of carbonyl (C=O) groups excluding carboxylic acids is 1. The van der Waals surface area contributed by atoms with Gasteiger partial charge in [0.05, 0.1) is 24.5 Å². The molecule has 1 saturated carbocycles. The van der Waals surface area contributed by atoms with Crippen LogP contribution < -0.4 is 10.6 Å². The fourth-order valence-corrected chi connectivity index (χ4v) is 3.95. The van der Waals surface area contributed by atoms with Gasteiger partial charge in [0.15, 0.2) is 11.5 Å². The highest BCUT2D eigenvalue weighted by atomic mass is 16.5. The van der Waals surface area contributed by atoms with Gasteiger partial charge in [-0.15, -0.1) is 0 Å². The Balaban J connectivity index is 1.39. The summed E-state index contributed by atoms with van der Waals surface area (Å²) in [6.45, 7) is 0. The zero-order chi connectivity index (χ0) is 23.1. The molecule has 2 aromatic carbocycles. The summed E-state index contributed by atoms with van der Waals surface area (Å²) in [6, 6.07) is 15.7. The maximum atomic E-state index is 12.0. The number of aromatic nitrogens is 5. The van der Waals surface area contributed by atoms with E-state index in [-0.39, 0.29) is 5.97 Å². The number of pyridine rings is 1. The van der Waals surface area contributed by atoms with Crippen LogP contribution in [0.1, 0.15) is 23.2 Å². The molecule has 3 heterocycles. The number of methoxy groups -OCH3 is 1. The summed E-state index contributed by atoms with van der Waals surface area (Å²) in [5.74, 6) is 0.820. The van der Waals surface area contributed by atoms with Gasteiger partial charge in [-0.3, -0.25) is 4.98 Å². The second-order valence-electron chi connectivity index (χ2n) is 8.20. The lowest BCUT2D eigenvalue weighted by Crippen LogP contribution is -2.07. The van der Waals surface area contributed by atoms with Crippen LogP contribution >= 0.6 is 0 Å². The molecule has 0 bridgehead atoms. The zero-order valence-corrected chi connectivity index (χ0v) is 18.4. The highest BCUT2D eigenvalue weighted by molar-refractivity contribution is 5.98. The third-order valence-electron chi connectivity index (χ3n) is 5.79. The van der Waals surface area contributed by atoms with Crippen molar-refractivity contribution in [3.8, 4) is 11.1 Å². The van der Waals surface area contributed by atoms with Crippen molar-refractivity contribution in [1.29, 1.82) is 0 Å². The van der Waals surface area contributed by atoms with Gasteiger partial charge in [-0.05, 0) is 60.4 Å². The average molecular weight is 451 g/mol. The minimum atomic E-state index is -0.371. The molecule has 168 valence electrons. The minimum Gasteiger partial charge on any atom is -0.465 e. The van der Waals surface area contributed by atoms with Gasteiger partial charge in [0.1, 0.15) is 5.52 Å². The number of benzene rings is 2. The van der Waals surface area contributed by atoms with Crippen LogP contribution in [-0.4, -0.2) is 44.0 Å². The third kappa shape index (κ3) is 3.77. The van der Waals surface area contributed by atoms with Gasteiger partial charge in [-0.1, -0.05) is 12.1 Å². The predicted octanol–water partition coefficient (Wildman–Crippen LogP) is 4.67. The molecule has 9 heteroatoms. The molecule has 3 N–H and O–H groups in total. The Kier molecular flexibility index (Phi) is 4.80. The monoisotopic (exact) mass is 451 g/mol. The molecular weight excluding hydrogens is 430 g/mol. The Labute approximate surface area is 194 Å². The van der Waals surface area contributed by atoms with Crippen LogP contribution in [0.5, 0.6) is 0 Å². The number of nitrogens with one attached hydrogen (secondary N) is 3. The average Bonchev–Trinajstić information content (AvgIpc) is 3.56. The van der Waals surface area contributed by atoms with E-state index in [0.29, 0.717) is 23.2 Å². The number of esters is 1. The number of fused-ring (bicyclic) bond motifs is 2. The molecule has 34 heavy (non-hydrogen) atoms. The Hall–Kier alpha value is -4.53. The van der Waals surface area contributed by atoms with Crippen molar-refractivity contribution in [3.05, 3.63) is 66.6 Å². The smallest absolute Gasteiger partial charge is 0.337 e. The van der Waals surface area contributed by atoms with E-state index in [1.165, 1.54) is 7.11 Å². The van der Waals surface area contributed by atoms with E-state index in [4.69, 9.17) is 4.74 Å². The number of H-pyrrole nitrogens is 1. The molecule has 0 unspecified atom stereocenters. The van der Waals surface area contributed by atoms with Crippen LogP contribution in [-0.2, 0) is 4.74 Å². The molecule has 6 rings (SSSR count). The highest BCUT2D eigenvalue weighted by Crippen LogP contribution is 2.32. The molecule has 1 aliphatic carbocycles. The van der Waals surface area contributed by atoms with Gasteiger partial charge in [-0.2, -0.15) is 9.97 Å². The number of carbonyl (C=O) groups is 1. The molecule has 9 nitrogen and oxygen atoms in total. The second-order valence-corrected chi connectivity index (χ2v) is 8.20. The molecule has 0 radical (unpaired) electrons. The molecule has 0 amide bonds. The van der Waals surface area contributed by atoms with E-state index in [1.807, 2.05) is 42.5 Å². The molecular formula is C25H21N7O2. The van der Waals surface area contributed by atoms with Crippen molar-refractivity contribution in [3.63, 3.8) is 0 Å². The second kappa shape index (κ2) is 8.11. The Morgan fingerprint density at radius 3 is 2.85 bits per heavy atom. The molecule has 0 atom stereocenters. The first-order valence-electron chi connectivity index (χ1n) is 11.0. The number of aromatic amines is 1. The van der Waals surface area contributed by atoms with Gasteiger partial charge < -0.3 is 20.4 Å². The van der Waals surface area contributed by atoms with Crippen LogP contribution in [0.3, 0.4) is 0 Å². The summed E-state index contributed by atoms with van der Waals surface area (Å²) in [4.78, 5) is 33.2. The topological polar surface area (TPSA) is 118 Å². The van der Waals surface area contributed by atoms with E-state index in [2.05, 4.69) is 35.6 Å². The first-order chi connectivity index (χ1) is 16.7. The lowest BCUT2D eigenvalue weighted by molar-refractivity contribution is 0.0601. The van der Waals surface area contributed by atoms with Crippen LogP contribution in [0.25, 0.3) is 33.2 Å².